The Kier molecular flexibility index (Phi) is 3.39. The molecule has 0 spiro atoms. The topological polar surface area (TPSA) is 70.9 Å². The number of hydrogen-bond acceptors (Lipinski definition) is 2. The minimum absolute atomic E-state index is 0.223. The molecule has 94 valence electrons. The van der Waals surface area contributed by atoms with Crippen molar-refractivity contribution < 1.29 is 4.79 Å². The van der Waals surface area contributed by atoms with E-state index < -0.39 is 0 Å². The quantitative estimate of drug-likeness (QED) is 0.788. The van der Waals surface area contributed by atoms with E-state index >= 15 is 0 Å². The van der Waals surface area contributed by atoms with Crippen molar-refractivity contribution in [3.8, 4) is 0 Å². The van der Waals surface area contributed by atoms with E-state index in [1.54, 1.807) is 0 Å². The second-order valence-corrected chi connectivity index (χ2v) is 5.48. The van der Waals surface area contributed by atoms with Gasteiger partial charge in [-0.2, -0.15) is 0 Å². The van der Waals surface area contributed by atoms with Gasteiger partial charge in [-0.1, -0.05) is 23.2 Å². The van der Waals surface area contributed by atoms with Crippen molar-refractivity contribution in [2.75, 3.05) is 6.54 Å². The highest BCUT2D eigenvalue weighted by molar-refractivity contribution is 6.41. The number of H-pyrrole nitrogens is 1. The molecule has 1 heterocycles. The number of aromatic nitrogens is 1. The summed E-state index contributed by atoms with van der Waals surface area (Å²) in [6, 6.07) is 1.52. The highest BCUT2D eigenvalue weighted by atomic mass is 35.5. The smallest absolute Gasteiger partial charge is 0.268 e. The molecule has 1 saturated carbocycles. The average molecular weight is 276 g/mol. The maximum absolute atomic E-state index is 12.0. The van der Waals surface area contributed by atoms with Crippen LogP contribution in [0.1, 0.15) is 30.3 Å². The summed E-state index contributed by atoms with van der Waals surface area (Å²) in [6.45, 7) is 2.39. The molecule has 0 saturated heterocycles. The fourth-order valence-corrected chi connectivity index (χ4v) is 2.21. The molecule has 1 aliphatic carbocycles. The van der Waals surface area contributed by atoms with Gasteiger partial charge in [-0.15, -0.1) is 0 Å². The third kappa shape index (κ3) is 2.59. The van der Waals surface area contributed by atoms with Gasteiger partial charge in [0.15, 0.2) is 0 Å². The van der Waals surface area contributed by atoms with Gasteiger partial charge in [0.05, 0.1) is 10.6 Å². The maximum atomic E-state index is 12.0. The number of nitrogens with one attached hydrogen (secondary N) is 2. The van der Waals surface area contributed by atoms with Gasteiger partial charge in [0, 0.05) is 6.54 Å². The largest absolute Gasteiger partial charge is 0.344 e. The van der Waals surface area contributed by atoms with Crippen LogP contribution >= 0.6 is 23.2 Å². The van der Waals surface area contributed by atoms with Crippen molar-refractivity contribution in [1.82, 2.24) is 10.3 Å². The zero-order chi connectivity index (χ0) is 12.6. The van der Waals surface area contributed by atoms with Gasteiger partial charge < -0.3 is 16.0 Å². The number of hydrogen-bond donors (Lipinski definition) is 3. The molecule has 0 radical (unpaired) electrons. The molecule has 6 heteroatoms. The molecule has 2 rings (SSSR count). The van der Waals surface area contributed by atoms with Crippen LogP contribution in [0.15, 0.2) is 6.07 Å². The molecular formula is C11H15Cl2N3O. The first-order valence-electron chi connectivity index (χ1n) is 5.53. The first-order valence-corrected chi connectivity index (χ1v) is 6.28. The van der Waals surface area contributed by atoms with Crippen LogP contribution in [0.4, 0.5) is 0 Å². The highest BCUT2D eigenvalue weighted by Crippen LogP contribution is 2.39. The minimum atomic E-state index is -0.346. The fourth-order valence-electron chi connectivity index (χ4n) is 1.89. The Balaban J connectivity index is 2.10. The normalized spacial score (nSPS) is 18.8. The monoisotopic (exact) mass is 275 g/mol. The summed E-state index contributed by atoms with van der Waals surface area (Å²) < 4.78 is 0. The van der Waals surface area contributed by atoms with Crippen LogP contribution in [0.5, 0.6) is 0 Å². The molecule has 1 aromatic rings. The van der Waals surface area contributed by atoms with E-state index in [0.29, 0.717) is 23.2 Å². The summed E-state index contributed by atoms with van der Waals surface area (Å²) in [6.07, 6.45) is 2.22. The average Bonchev–Trinajstić information content (AvgIpc) is 3.07. The van der Waals surface area contributed by atoms with Crippen molar-refractivity contribution >= 4 is 29.1 Å². The van der Waals surface area contributed by atoms with Crippen LogP contribution in [0.3, 0.4) is 0 Å². The molecular weight excluding hydrogens is 261 g/mol. The Morgan fingerprint density at radius 1 is 1.65 bits per heavy atom. The van der Waals surface area contributed by atoms with E-state index in [2.05, 4.69) is 10.3 Å². The van der Waals surface area contributed by atoms with E-state index in [4.69, 9.17) is 28.9 Å². The Hall–Kier alpha value is -0.710. The minimum Gasteiger partial charge on any atom is -0.344 e. The van der Waals surface area contributed by atoms with Gasteiger partial charge in [-0.3, -0.25) is 4.79 Å². The van der Waals surface area contributed by atoms with Crippen LogP contribution < -0.4 is 11.1 Å². The van der Waals surface area contributed by atoms with E-state index in [-0.39, 0.29) is 16.6 Å². The van der Waals surface area contributed by atoms with Crippen LogP contribution in [0.2, 0.25) is 10.2 Å². The van der Waals surface area contributed by atoms with E-state index in [1.807, 2.05) is 6.92 Å². The van der Waals surface area contributed by atoms with Crippen LogP contribution in [0, 0.1) is 5.92 Å². The molecule has 1 fully saturated rings. The van der Waals surface area contributed by atoms with Gasteiger partial charge >= 0.3 is 0 Å². The summed E-state index contributed by atoms with van der Waals surface area (Å²) in [5.74, 6) is 0.246. The molecule has 1 unspecified atom stereocenters. The number of nitrogens with two attached hydrogens (primary N) is 1. The fraction of sp³-hybridized carbons (Fsp3) is 0.545. The summed E-state index contributed by atoms with van der Waals surface area (Å²) in [7, 11) is 0. The Bertz CT molecular complexity index is 422. The number of aromatic amines is 1. The standard InChI is InChI=1S/C11H15Cl2N3O/c1-11(5-14,6-2-3-6)16-10(17)8-4-7(12)9(13)15-8/h4,6,15H,2-3,5,14H2,1H3,(H,16,17). The predicted octanol–water partition coefficient (Wildman–Crippen LogP) is 2.18. The van der Waals surface area contributed by atoms with E-state index in [0.717, 1.165) is 12.8 Å². The first kappa shape index (κ1) is 12.7. The lowest BCUT2D eigenvalue weighted by Gasteiger charge is -2.29. The molecule has 4 N–H and O–H groups in total. The highest BCUT2D eigenvalue weighted by Gasteiger charge is 2.41. The molecule has 1 atom stereocenters. The van der Waals surface area contributed by atoms with Crippen LogP contribution in [0.25, 0.3) is 0 Å². The van der Waals surface area contributed by atoms with Gasteiger partial charge in [0.25, 0.3) is 5.91 Å². The van der Waals surface area contributed by atoms with Crippen LogP contribution in [-0.2, 0) is 0 Å². The Morgan fingerprint density at radius 3 is 2.71 bits per heavy atom. The summed E-state index contributed by atoms with van der Waals surface area (Å²) in [5.41, 5.74) is 5.75. The Morgan fingerprint density at radius 2 is 2.29 bits per heavy atom. The molecule has 17 heavy (non-hydrogen) atoms. The van der Waals surface area contributed by atoms with Crippen molar-refractivity contribution in [3.05, 3.63) is 21.9 Å². The summed E-state index contributed by atoms with van der Waals surface area (Å²) in [4.78, 5) is 14.7. The molecule has 1 aromatic heterocycles. The van der Waals surface area contributed by atoms with Gasteiger partial charge in [0.1, 0.15) is 10.8 Å². The molecule has 0 aromatic carbocycles. The lowest BCUT2D eigenvalue weighted by atomic mass is 9.96. The molecule has 1 aliphatic rings. The van der Waals surface area contributed by atoms with Gasteiger partial charge in [-0.25, -0.2) is 0 Å². The van der Waals surface area contributed by atoms with E-state index in [9.17, 15) is 4.79 Å². The second-order valence-electron chi connectivity index (χ2n) is 4.69. The number of rotatable bonds is 4. The van der Waals surface area contributed by atoms with Crippen molar-refractivity contribution in [2.24, 2.45) is 11.7 Å². The summed E-state index contributed by atoms with van der Waals surface area (Å²) in [5, 5.41) is 3.57. The number of halogens is 2. The molecule has 4 nitrogen and oxygen atoms in total. The number of carbonyl (C=O) groups is 1. The predicted molar refractivity (Wildman–Crippen MR) is 68.5 cm³/mol. The molecule has 0 bridgehead atoms. The van der Waals surface area contributed by atoms with Crippen LogP contribution in [-0.4, -0.2) is 23.0 Å². The maximum Gasteiger partial charge on any atom is 0.268 e. The third-order valence-corrected chi connectivity index (χ3v) is 3.96. The third-order valence-electron chi connectivity index (χ3n) is 3.27. The van der Waals surface area contributed by atoms with Crippen molar-refractivity contribution in [2.45, 2.75) is 25.3 Å². The first-order chi connectivity index (χ1) is 7.96. The van der Waals surface area contributed by atoms with Gasteiger partial charge in [-0.05, 0) is 31.7 Å². The number of carbonyl (C=O) groups excluding carboxylic acids is 1. The zero-order valence-corrected chi connectivity index (χ0v) is 11.0. The Labute approximate surface area is 110 Å². The van der Waals surface area contributed by atoms with Gasteiger partial charge in [0.2, 0.25) is 0 Å². The van der Waals surface area contributed by atoms with Crippen molar-refractivity contribution in [3.63, 3.8) is 0 Å². The number of amides is 1. The lowest BCUT2D eigenvalue weighted by Crippen LogP contribution is -2.53. The van der Waals surface area contributed by atoms with Crippen molar-refractivity contribution in [1.29, 1.82) is 0 Å². The summed E-state index contributed by atoms with van der Waals surface area (Å²) >= 11 is 11.5. The molecule has 1 amide bonds. The second kappa shape index (κ2) is 4.52. The zero-order valence-electron chi connectivity index (χ0n) is 9.52. The lowest BCUT2D eigenvalue weighted by molar-refractivity contribution is 0.0893. The van der Waals surface area contributed by atoms with E-state index in [1.165, 1.54) is 6.07 Å². The molecule has 0 aliphatic heterocycles. The SMILES string of the molecule is CC(CN)(NC(=O)c1cc(Cl)c(Cl)[nH]1)C1CC1.